The molecular weight excluding hydrogens is 156 g/mol. The number of aromatic nitrogens is 2. The van der Waals surface area contributed by atoms with Crippen LogP contribution in [-0.4, -0.2) is 15.4 Å². The van der Waals surface area contributed by atoms with Crippen LogP contribution >= 0.6 is 0 Å². The van der Waals surface area contributed by atoms with E-state index in [4.69, 9.17) is 0 Å². The highest BCUT2D eigenvalue weighted by atomic mass is 16.1. The summed E-state index contributed by atoms with van der Waals surface area (Å²) >= 11 is 0. The fraction of sp³-hybridized carbons (Fsp3) is 0.250. The Morgan fingerprint density at radius 1 is 1.42 bits per heavy atom. The Balaban J connectivity index is 3.18. The molecule has 0 fully saturated rings. The molecule has 0 aliphatic rings. The van der Waals surface area contributed by atoms with Crippen molar-refractivity contribution in [3.8, 4) is 0 Å². The molecule has 0 spiro atoms. The molecule has 0 aromatic carbocycles. The highest BCUT2D eigenvalue weighted by Gasteiger charge is 2.00. The zero-order chi connectivity index (χ0) is 9.14. The normalized spacial score (nSPS) is 10.8. The molecule has 1 aromatic rings. The molecule has 4 heteroatoms. The van der Waals surface area contributed by atoms with Crippen molar-refractivity contribution in [1.29, 1.82) is 0 Å². The maximum atomic E-state index is 11.2. The van der Waals surface area contributed by atoms with Crippen LogP contribution in [0.5, 0.6) is 0 Å². The summed E-state index contributed by atoms with van der Waals surface area (Å²) in [7, 11) is 3.33. The molecular formula is C8H10N2O2. The minimum atomic E-state index is -0.0967. The Bertz CT molecular complexity index is 371. The van der Waals surface area contributed by atoms with Crippen LogP contribution in [0.15, 0.2) is 17.1 Å². The SMILES string of the molecule is Cn1cc(/C=C\C=O)n(C)c1=O. The van der Waals surface area contributed by atoms with Crippen molar-refractivity contribution in [3.05, 3.63) is 28.5 Å². The zero-order valence-corrected chi connectivity index (χ0v) is 7.02. The third-order valence-corrected chi connectivity index (χ3v) is 1.65. The molecule has 1 aromatic heterocycles. The van der Waals surface area contributed by atoms with Crippen LogP contribution in [0.4, 0.5) is 0 Å². The molecule has 0 saturated carbocycles. The molecule has 1 heterocycles. The average Bonchev–Trinajstić information content (AvgIpc) is 2.30. The van der Waals surface area contributed by atoms with E-state index in [1.807, 2.05) is 0 Å². The summed E-state index contributed by atoms with van der Waals surface area (Å²) < 4.78 is 2.93. The first-order chi connectivity index (χ1) is 5.66. The second-order valence-electron chi connectivity index (χ2n) is 2.50. The van der Waals surface area contributed by atoms with Gasteiger partial charge in [0.05, 0.1) is 5.69 Å². The maximum absolute atomic E-state index is 11.2. The van der Waals surface area contributed by atoms with E-state index in [1.54, 1.807) is 26.4 Å². The lowest BCUT2D eigenvalue weighted by Gasteiger charge is -1.89. The number of carbonyl (C=O) groups excluding carboxylic acids is 1. The fourth-order valence-corrected chi connectivity index (χ4v) is 0.980. The van der Waals surface area contributed by atoms with Gasteiger partial charge < -0.3 is 4.57 Å². The molecule has 0 aliphatic heterocycles. The first-order valence-electron chi connectivity index (χ1n) is 3.51. The number of aldehydes is 1. The van der Waals surface area contributed by atoms with Crippen molar-refractivity contribution >= 4 is 12.4 Å². The molecule has 0 bridgehead atoms. The van der Waals surface area contributed by atoms with E-state index in [9.17, 15) is 9.59 Å². The molecule has 1 rings (SSSR count). The first kappa shape index (κ1) is 8.52. The number of aryl methyl sites for hydroxylation is 1. The van der Waals surface area contributed by atoms with Crippen LogP contribution in [0, 0.1) is 0 Å². The lowest BCUT2D eigenvalue weighted by Crippen LogP contribution is -2.19. The van der Waals surface area contributed by atoms with E-state index >= 15 is 0 Å². The van der Waals surface area contributed by atoms with Gasteiger partial charge in [-0.2, -0.15) is 0 Å². The van der Waals surface area contributed by atoms with Gasteiger partial charge in [-0.1, -0.05) is 0 Å². The van der Waals surface area contributed by atoms with E-state index < -0.39 is 0 Å². The molecule has 0 amide bonds. The number of hydrogen-bond donors (Lipinski definition) is 0. The second kappa shape index (κ2) is 3.21. The van der Waals surface area contributed by atoms with Crippen LogP contribution < -0.4 is 5.69 Å². The predicted molar refractivity (Wildman–Crippen MR) is 45.8 cm³/mol. The summed E-state index contributed by atoms with van der Waals surface area (Å²) in [4.78, 5) is 21.2. The standard InChI is InChI=1S/C8H10N2O2/c1-9-6-7(4-3-5-11)10(2)8(9)12/h3-6H,1-2H3/b4-3-. The van der Waals surface area contributed by atoms with Crippen molar-refractivity contribution < 1.29 is 4.79 Å². The van der Waals surface area contributed by atoms with Crippen molar-refractivity contribution in [2.45, 2.75) is 0 Å². The number of hydrogen-bond acceptors (Lipinski definition) is 2. The molecule has 0 atom stereocenters. The quantitative estimate of drug-likeness (QED) is 0.456. The summed E-state index contributed by atoms with van der Waals surface area (Å²) in [6.07, 6.45) is 5.29. The minimum absolute atomic E-state index is 0.0967. The van der Waals surface area contributed by atoms with Gasteiger partial charge in [-0.3, -0.25) is 9.36 Å². The number of rotatable bonds is 2. The van der Waals surface area contributed by atoms with E-state index in [2.05, 4.69) is 0 Å². The summed E-state index contributed by atoms with van der Waals surface area (Å²) in [5, 5.41) is 0. The summed E-state index contributed by atoms with van der Waals surface area (Å²) in [6.45, 7) is 0. The van der Waals surface area contributed by atoms with E-state index in [-0.39, 0.29) is 5.69 Å². The number of allylic oxidation sites excluding steroid dienone is 1. The molecule has 4 nitrogen and oxygen atoms in total. The zero-order valence-electron chi connectivity index (χ0n) is 7.02. The largest absolute Gasteiger partial charge is 0.328 e. The van der Waals surface area contributed by atoms with Crippen molar-refractivity contribution in [3.63, 3.8) is 0 Å². The van der Waals surface area contributed by atoms with Gasteiger partial charge in [-0.05, 0) is 12.2 Å². The molecule has 0 saturated heterocycles. The monoisotopic (exact) mass is 166 g/mol. The van der Waals surface area contributed by atoms with Gasteiger partial charge in [0, 0.05) is 20.3 Å². The third kappa shape index (κ3) is 1.37. The predicted octanol–water partition coefficient (Wildman–Crippen LogP) is -0.0641. The van der Waals surface area contributed by atoms with Gasteiger partial charge in [0.1, 0.15) is 6.29 Å². The molecule has 64 valence electrons. The van der Waals surface area contributed by atoms with E-state index in [1.165, 1.54) is 15.2 Å². The smallest absolute Gasteiger partial charge is 0.302 e. The number of nitrogens with zero attached hydrogens (tertiary/aromatic N) is 2. The van der Waals surface area contributed by atoms with Gasteiger partial charge in [0.25, 0.3) is 0 Å². The number of carbonyl (C=O) groups is 1. The summed E-state index contributed by atoms with van der Waals surface area (Å²) in [6, 6.07) is 0. The van der Waals surface area contributed by atoms with Gasteiger partial charge in [0.2, 0.25) is 0 Å². The van der Waals surface area contributed by atoms with Crippen LogP contribution in [0.3, 0.4) is 0 Å². The third-order valence-electron chi connectivity index (χ3n) is 1.65. The Morgan fingerprint density at radius 2 is 2.08 bits per heavy atom. The summed E-state index contributed by atoms with van der Waals surface area (Å²) in [5.74, 6) is 0. The highest BCUT2D eigenvalue weighted by molar-refractivity contribution is 5.72. The Labute approximate surface area is 69.7 Å². The minimum Gasteiger partial charge on any atom is -0.302 e. The lowest BCUT2D eigenvalue weighted by molar-refractivity contribution is -0.104. The van der Waals surface area contributed by atoms with E-state index in [0.717, 1.165) is 5.69 Å². The van der Waals surface area contributed by atoms with Crippen LogP contribution in [-0.2, 0) is 18.9 Å². The molecule has 0 radical (unpaired) electrons. The van der Waals surface area contributed by atoms with Crippen molar-refractivity contribution in [2.75, 3.05) is 0 Å². The van der Waals surface area contributed by atoms with Gasteiger partial charge in [0.15, 0.2) is 0 Å². The first-order valence-corrected chi connectivity index (χ1v) is 3.51. The van der Waals surface area contributed by atoms with Crippen molar-refractivity contribution in [1.82, 2.24) is 9.13 Å². The molecule has 0 unspecified atom stereocenters. The highest BCUT2D eigenvalue weighted by Crippen LogP contribution is 1.96. The van der Waals surface area contributed by atoms with Gasteiger partial charge in [-0.25, -0.2) is 4.79 Å². The molecule has 0 N–H and O–H groups in total. The van der Waals surface area contributed by atoms with Gasteiger partial charge in [-0.15, -0.1) is 0 Å². The maximum Gasteiger partial charge on any atom is 0.328 e. The second-order valence-corrected chi connectivity index (χ2v) is 2.50. The van der Waals surface area contributed by atoms with Crippen LogP contribution in [0.25, 0.3) is 6.08 Å². The average molecular weight is 166 g/mol. The Morgan fingerprint density at radius 3 is 2.50 bits per heavy atom. The lowest BCUT2D eigenvalue weighted by atomic mass is 10.4. The molecule has 12 heavy (non-hydrogen) atoms. The van der Waals surface area contributed by atoms with E-state index in [0.29, 0.717) is 6.29 Å². The summed E-state index contributed by atoms with van der Waals surface area (Å²) in [5.41, 5.74) is 0.621. The van der Waals surface area contributed by atoms with Crippen LogP contribution in [0.2, 0.25) is 0 Å². The van der Waals surface area contributed by atoms with Gasteiger partial charge >= 0.3 is 5.69 Å². The van der Waals surface area contributed by atoms with Crippen LogP contribution in [0.1, 0.15) is 5.69 Å². The Kier molecular flexibility index (Phi) is 2.28. The van der Waals surface area contributed by atoms with Crippen molar-refractivity contribution in [2.24, 2.45) is 14.1 Å². The Hall–Kier alpha value is -1.58. The topological polar surface area (TPSA) is 44.0 Å². The molecule has 0 aliphatic carbocycles. The number of imidazole rings is 1. The fourth-order valence-electron chi connectivity index (χ4n) is 0.980.